The molecule has 1 atom stereocenters. The van der Waals surface area contributed by atoms with Crippen LogP contribution in [0.4, 0.5) is 0 Å². The van der Waals surface area contributed by atoms with Gasteiger partial charge in [-0.1, -0.05) is 26.0 Å². The predicted molar refractivity (Wildman–Crippen MR) is 78.3 cm³/mol. The summed E-state index contributed by atoms with van der Waals surface area (Å²) in [6, 6.07) is 6.22. The summed E-state index contributed by atoms with van der Waals surface area (Å²) in [7, 11) is 0. The van der Waals surface area contributed by atoms with Gasteiger partial charge in [-0.2, -0.15) is 0 Å². The molecule has 0 amide bonds. The van der Waals surface area contributed by atoms with Gasteiger partial charge in [0.1, 0.15) is 11.9 Å². The molecule has 0 radical (unpaired) electrons. The minimum Gasteiger partial charge on any atom is -0.489 e. The fourth-order valence-corrected chi connectivity index (χ4v) is 1.81. The summed E-state index contributed by atoms with van der Waals surface area (Å²) in [6.45, 7) is 12.8. The smallest absolute Gasteiger partial charge is 0.122 e. The van der Waals surface area contributed by atoms with Gasteiger partial charge in [0.25, 0.3) is 0 Å². The highest BCUT2D eigenvalue weighted by atomic mass is 16.5. The molecule has 1 N–H and O–H groups in total. The molecule has 2 heteroatoms. The molecule has 18 heavy (non-hydrogen) atoms. The van der Waals surface area contributed by atoms with Gasteiger partial charge in [0.2, 0.25) is 0 Å². The van der Waals surface area contributed by atoms with E-state index in [2.05, 4.69) is 52.1 Å². The van der Waals surface area contributed by atoms with Gasteiger partial charge >= 0.3 is 0 Å². The Hall–Kier alpha value is -1.02. The molecule has 0 aliphatic rings. The Morgan fingerprint density at radius 3 is 2.56 bits per heavy atom. The van der Waals surface area contributed by atoms with Crippen LogP contribution in [-0.2, 0) is 0 Å². The molecule has 1 aromatic rings. The topological polar surface area (TPSA) is 21.3 Å². The zero-order chi connectivity index (χ0) is 13.5. The first-order chi connectivity index (χ1) is 8.50. The normalized spacial score (nSPS) is 12.8. The van der Waals surface area contributed by atoms with Crippen LogP contribution in [0.15, 0.2) is 18.2 Å². The van der Waals surface area contributed by atoms with Gasteiger partial charge < -0.3 is 10.1 Å². The maximum atomic E-state index is 5.97. The summed E-state index contributed by atoms with van der Waals surface area (Å²) >= 11 is 0. The van der Waals surface area contributed by atoms with Gasteiger partial charge in [-0.15, -0.1) is 0 Å². The minimum absolute atomic E-state index is 0.206. The van der Waals surface area contributed by atoms with E-state index in [4.69, 9.17) is 4.74 Å². The molecular formula is C16H27NO. The lowest BCUT2D eigenvalue weighted by Gasteiger charge is -2.18. The number of hydrogen-bond donors (Lipinski definition) is 1. The number of ether oxygens (including phenoxy) is 1. The van der Waals surface area contributed by atoms with Crippen LogP contribution >= 0.6 is 0 Å². The predicted octanol–water partition coefficient (Wildman–Crippen LogP) is 3.71. The maximum absolute atomic E-state index is 5.97. The van der Waals surface area contributed by atoms with Crippen LogP contribution < -0.4 is 10.1 Å². The van der Waals surface area contributed by atoms with E-state index in [9.17, 15) is 0 Å². The van der Waals surface area contributed by atoms with Crippen molar-refractivity contribution < 1.29 is 4.74 Å². The Bertz CT molecular complexity index is 360. The molecule has 0 aliphatic carbocycles. The summed E-state index contributed by atoms with van der Waals surface area (Å²) in [5, 5.41) is 3.45. The zero-order valence-electron chi connectivity index (χ0n) is 12.4. The van der Waals surface area contributed by atoms with Crippen molar-refractivity contribution in [2.75, 3.05) is 13.1 Å². The molecule has 0 heterocycles. The number of aryl methyl sites for hydroxylation is 1. The van der Waals surface area contributed by atoms with E-state index in [1.54, 1.807) is 0 Å². The van der Waals surface area contributed by atoms with Gasteiger partial charge in [-0.05, 0) is 56.8 Å². The zero-order valence-corrected chi connectivity index (χ0v) is 12.4. The van der Waals surface area contributed by atoms with E-state index in [1.807, 2.05) is 6.07 Å². The second-order valence-corrected chi connectivity index (χ2v) is 5.51. The molecule has 0 saturated heterocycles. The summed E-state index contributed by atoms with van der Waals surface area (Å²) < 4.78 is 5.97. The van der Waals surface area contributed by atoms with Crippen LogP contribution in [0, 0.1) is 19.8 Å². The quantitative estimate of drug-likeness (QED) is 0.744. The van der Waals surface area contributed by atoms with E-state index in [0.29, 0.717) is 0 Å². The van der Waals surface area contributed by atoms with E-state index in [-0.39, 0.29) is 6.10 Å². The minimum atomic E-state index is 0.206. The second kappa shape index (κ2) is 7.42. The number of benzene rings is 1. The lowest BCUT2D eigenvalue weighted by molar-refractivity contribution is 0.215. The highest BCUT2D eigenvalue weighted by molar-refractivity contribution is 5.38. The Morgan fingerprint density at radius 1 is 1.17 bits per heavy atom. The first-order valence-corrected chi connectivity index (χ1v) is 6.94. The third-order valence-electron chi connectivity index (χ3n) is 3.21. The summed E-state index contributed by atoms with van der Waals surface area (Å²) in [5.41, 5.74) is 2.53. The van der Waals surface area contributed by atoms with Crippen molar-refractivity contribution in [2.24, 2.45) is 5.92 Å². The number of nitrogens with one attached hydrogen (secondary N) is 1. The van der Waals surface area contributed by atoms with Crippen molar-refractivity contribution in [1.82, 2.24) is 5.32 Å². The Kier molecular flexibility index (Phi) is 6.20. The van der Waals surface area contributed by atoms with Gasteiger partial charge in [0, 0.05) is 6.54 Å². The van der Waals surface area contributed by atoms with Gasteiger partial charge in [-0.25, -0.2) is 0 Å². The van der Waals surface area contributed by atoms with E-state index >= 15 is 0 Å². The van der Waals surface area contributed by atoms with Crippen molar-refractivity contribution in [3.8, 4) is 5.75 Å². The first-order valence-electron chi connectivity index (χ1n) is 6.94. The fraction of sp³-hybridized carbons (Fsp3) is 0.625. The SMILES string of the molecule is Cc1cccc(OC(C)CNCCC(C)C)c1C. The molecule has 0 bridgehead atoms. The van der Waals surface area contributed by atoms with Crippen LogP contribution in [0.1, 0.15) is 38.3 Å². The van der Waals surface area contributed by atoms with E-state index < -0.39 is 0 Å². The molecule has 0 aromatic heterocycles. The monoisotopic (exact) mass is 249 g/mol. The third-order valence-corrected chi connectivity index (χ3v) is 3.21. The number of hydrogen-bond acceptors (Lipinski definition) is 2. The Balaban J connectivity index is 2.35. The molecule has 0 spiro atoms. The maximum Gasteiger partial charge on any atom is 0.122 e. The summed E-state index contributed by atoms with van der Waals surface area (Å²) in [5.74, 6) is 1.76. The lowest BCUT2D eigenvalue weighted by atomic mass is 10.1. The Labute approximate surface area is 112 Å². The average molecular weight is 249 g/mol. The lowest BCUT2D eigenvalue weighted by Crippen LogP contribution is -2.30. The van der Waals surface area contributed by atoms with E-state index in [1.165, 1.54) is 17.5 Å². The number of rotatable bonds is 7. The highest BCUT2D eigenvalue weighted by Gasteiger charge is 2.07. The molecule has 0 aliphatic heterocycles. The second-order valence-electron chi connectivity index (χ2n) is 5.51. The summed E-state index contributed by atoms with van der Waals surface area (Å²) in [6.07, 6.45) is 1.42. The molecule has 0 saturated carbocycles. The van der Waals surface area contributed by atoms with Crippen LogP contribution in [0.2, 0.25) is 0 Å². The van der Waals surface area contributed by atoms with Crippen molar-refractivity contribution in [3.05, 3.63) is 29.3 Å². The molecule has 1 aromatic carbocycles. The highest BCUT2D eigenvalue weighted by Crippen LogP contribution is 2.21. The molecular weight excluding hydrogens is 222 g/mol. The first kappa shape index (κ1) is 15.0. The van der Waals surface area contributed by atoms with Crippen LogP contribution in [0.5, 0.6) is 5.75 Å². The van der Waals surface area contributed by atoms with Crippen molar-refractivity contribution in [3.63, 3.8) is 0 Å². The molecule has 2 nitrogen and oxygen atoms in total. The molecule has 1 unspecified atom stereocenters. The van der Waals surface area contributed by atoms with Crippen molar-refractivity contribution in [1.29, 1.82) is 0 Å². The van der Waals surface area contributed by atoms with Crippen molar-refractivity contribution >= 4 is 0 Å². The van der Waals surface area contributed by atoms with Gasteiger partial charge in [0.05, 0.1) is 0 Å². The van der Waals surface area contributed by atoms with E-state index in [0.717, 1.165) is 24.8 Å². The standard InChI is InChI=1S/C16H27NO/c1-12(2)9-10-17-11-14(4)18-16-8-6-7-13(3)15(16)5/h6-8,12,14,17H,9-11H2,1-5H3. The third kappa shape index (κ3) is 5.09. The van der Waals surface area contributed by atoms with Crippen molar-refractivity contribution in [2.45, 2.75) is 47.1 Å². The largest absolute Gasteiger partial charge is 0.489 e. The molecule has 1 rings (SSSR count). The van der Waals surface area contributed by atoms with Crippen LogP contribution in [0.25, 0.3) is 0 Å². The van der Waals surface area contributed by atoms with Gasteiger partial charge in [-0.3, -0.25) is 0 Å². The summed E-state index contributed by atoms with van der Waals surface area (Å²) in [4.78, 5) is 0. The average Bonchev–Trinajstić information content (AvgIpc) is 2.30. The fourth-order valence-electron chi connectivity index (χ4n) is 1.81. The van der Waals surface area contributed by atoms with Gasteiger partial charge in [0.15, 0.2) is 0 Å². The Morgan fingerprint density at radius 2 is 1.89 bits per heavy atom. The molecule has 102 valence electrons. The van der Waals surface area contributed by atoms with Crippen LogP contribution in [0.3, 0.4) is 0 Å². The van der Waals surface area contributed by atoms with Crippen LogP contribution in [-0.4, -0.2) is 19.2 Å². The molecule has 0 fully saturated rings.